The van der Waals surface area contributed by atoms with Crippen molar-refractivity contribution < 1.29 is 38.2 Å². The Hall–Kier alpha value is -3.27. The second kappa shape index (κ2) is 18.9. The first kappa shape index (κ1) is 32.9. The summed E-state index contributed by atoms with van der Waals surface area (Å²) in [4.78, 5) is 33.4. The number of esters is 1. The maximum atomic E-state index is 13.4. The SMILES string of the molecule is CCCCCCCCCC(=O)OCCCCN1CCC(c2noc3cc(F)ccc23)CC1.O=C(O)C=CC(=O)O. The standard InChI is InChI=1S/C26H39FN2O3.C4H4O4/c1-2-3-4-5-6-7-8-11-25(30)31-19-10-9-16-29-17-14-21(15-18-29)26-23-13-12-22(27)20-24(23)32-28-26;5-3(6)1-2-4(7)8/h12-13,20-21H,2-11,14-19H2,1H3;1-2H,(H,5,6)(H,7,8). The number of benzene rings is 1. The van der Waals surface area contributed by atoms with Crippen molar-refractivity contribution in [2.24, 2.45) is 0 Å². The molecule has 40 heavy (non-hydrogen) atoms. The van der Waals surface area contributed by atoms with Gasteiger partial charge in [0, 0.05) is 35.9 Å². The number of carboxylic acid groups (broad SMARTS) is 2. The molecule has 10 heteroatoms. The minimum absolute atomic E-state index is 0.0425. The summed E-state index contributed by atoms with van der Waals surface area (Å²) in [5, 5.41) is 20.8. The molecule has 0 radical (unpaired) electrons. The van der Waals surface area contributed by atoms with Crippen LogP contribution >= 0.6 is 0 Å². The highest BCUT2D eigenvalue weighted by molar-refractivity contribution is 5.89. The Morgan fingerprint density at radius 1 is 1.00 bits per heavy atom. The number of ether oxygens (including phenoxy) is 1. The molecule has 1 aliphatic rings. The molecule has 0 unspecified atom stereocenters. The van der Waals surface area contributed by atoms with E-state index in [9.17, 15) is 18.8 Å². The van der Waals surface area contributed by atoms with Crippen molar-refractivity contribution in [1.29, 1.82) is 0 Å². The highest BCUT2D eigenvalue weighted by Gasteiger charge is 2.24. The van der Waals surface area contributed by atoms with Crippen LogP contribution in [-0.4, -0.2) is 64.4 Å². The summed E-state index contributed by atoms with van der Waals surface area (Å²) >= 11 is 0. The third-order valence-electron chi connectivity index (χ3n) is 6.92. The van der Waals surface area contributed by atoms with Gasteiger partial charge >= 0.3 is 17.9 Å². The van der Waals surface area contributed by atoms with Crippen LogP contribution in [-0.2, 0) is 19.1 Å². The number of hydrogen-bond donors (Lipinski definition) is 2. The Morgan fingerprint density at radius 2 is 1.65 bits per heavy atom. The van der Waals surface area contributed by atoms with Crippen LogP contribution in [0.3, 0.4) is 0 Å². The minimum atomic E-state index is -1.26. The molecule has 1 aromatic heterocycles. The molecule has 3 rings (SSSR count). The lowest BCUT2D eigenvalue weighted by atomic mass is 9.91. The molecule has 9 nitrogen and oxygen atoms in total. The van der Waals surface area contributed by atoms with E-state index in [1.807, 2.05) is 0 Å². The quantitative estimate of drug-likeness (QED) is 0.137. The number of rotatable bonds is 16. The number of halogens is 1. The van der Waals surface area contributed by atoms with Gasteiger partial charge in [0.25, 0.3) is 0 Å². The fourth-order valence-electron chi connectivity index (χ4n) is 4.72. The van der Waals surface area contributed by atoms with Crippen molar-refractivity contribution in [2.75, 3.05) is 26.2 Å². The molecule has 1 aliphatic heterocycles. The van der Waals surface area contributed by atoms with Gasteiger partial charge in [-0.15, -0.1) is 0 Å². The van der Waals surface area contributed by atoms with Crippen LogP contribution in [0.4, 0.5) is 4.39 Å². The van der Waals surface area contributed by atoms with Gasteiger partial charge in [-0.3, -0.25) is 4.79 Å². The summed E-state index contributed by atoms with van der Waals surface area (Å²) < 4.78 is 24.1. The molecule has 0 spiro atoms. The first-order valence-corrected chi connectivity index (χ1v) is 14.4. The van der Waals surface area contributed by atoms with Gasteiger partial charge in [0.15, 0.2) is 5.58 Å². The van der Waals surface area contributed by atoms with E-state index in [2.05, 4.69) is 17.0 Å². The fourth-order valence-corrected chi connectivity index (χ4v) is 4.72. The van der Waals surface area contributed by atoms with E-state index in [4.69, 9.17) is 19.5 Å². The van der Waals surface area contributed by atoms with Gasteiger partial charge in [0.05, 0.1) is 12.3 Å². The number of likely N-dealkylation sites (tertiary alicyclic amines) is 1. The van der Waals surface area contributed by atoms with E-state index in [1.54, 1.807) is 6.07 Å². The molecular weight excluding hydrogens is 519 g/mol. The topological polar surface area (TPSA) is 130 Å². The number of nitrogens with zero attached hydrogens (tertiary/aromatic N) is 2. The molecule has 1 saturated heterocycles. The molecule has 0 atom stereocenters. The van der Waals surface area contributed by atoms with E-state index >= 15 is 0 Å². The summed E-state index contributed by atoms with van der Waals surface area (Å²) in [6.07, 6.45) is 14.2. The van der Waals surface area contributed by atoms with Crippen LogP contribution in [0.25, 0.3) is 11.0 Å². The van der Waals surface area contributed by atoms with Crippen LogP contribution in [0.15, 0.2) is 34.9 Å². The van der Waals surface area contributed by atoms with E-state index < -0.39 is 11.9 Å². The van der Waals surface area contributed by atoms with Crippen molar-refractivity contribution in [3.05, 3.63) is 41.9 Å². The highest BCUT2D eigenvalue weighted by atomic mass is 19.1. The van der Waals surface area contributed by atoms with Crippen molar-refractivity contribution in [1.82, 2.24) is 10.1 Å². The lowest BCUT2D eigenvalue weighted by Crippen LogP contribution is -2.33. The first-order valence-electron chi connectivity index (χ1n) is 14.4. The van der Waals surface area contributed by atoms with Gasteiger partial charge in [-0.2, -0.15) is 0 Å². The number of hydrogen-bond acceptors (Lipinski definition) is 7. The Labute approximate surface area is 235 Å². The van der Waals surface area contributed by atoms with Crippen molar-refractivity contribution in [3.63, 3.8) is 0 Å². The summed E-state index contributed by atoms with van der Waals surface area (Å²) in [7, 11) is 0. The molecular formula is C30H43FN2O7. The molecule has 0 aliphatic carbocycles. The maximum Gasteiger partial charge on any atom is 0.328 e. The van der Waals surface area contributed by atoms with Gasteiger partial charge in [-0.25, -0.2) is 14.0 Å². The van der Waals surface area contributed by atoms with Crippen LogP contribution < -0.4 is 0 Å². The normalized spacial score (nSPS) is 14.2. The maximum absolute atomic E-state index is 13.4. The zero-order chi connectivity index (χ0) is 29.2. The zero-order valence-electron chi connectivity index (χ0n) is 23.5. The van der Waals surface area contributed by atoms with Crippen molar-refractivity contribution in [3.8, 4) is 0 Å². The first-order chi connectivity index (χ1) is 19.3. The smallest absolute Gasteiger partial charge is 0.328 e. The van der Waals surface area contributed by atoms with E-state index in [0.717, 1.165) is 69.2 Å². The number of carboxylic acids is 2. The van der Waals surface area contributed by atoms with Gasteiger partial charge in [-0.1, -0.05) is 50.6 Å². The van der Waals surface area contributed by atoms with Gasteiger partial charge in [-0.05, 0) is 63.9 Å². The average Bonchev–Trinajstić information content (AvgIpc) is 3.35. The Bertz CT molecular complexity index is 1060. The molecule has 0 saturated carbocycles. The number of carbonyl (C=O) groups is 3. The second-order valence-corrected chi connectivity index (χ2v) is 10.1. The largest absolute Gasteiger partial charge is 0.478 e. The Balaban J connectivity index is 0.000000611. The van der Waals surface area contributed by atoms with E-state index in [1.165, 1.54) is 44.2 Å². The van der Waals surface area contributed by atoms with Crippen molar-refractivity contribution >= 4 is 28.9 Å². The molecule has 1 aromatic carbocycles. The average molecular weight is 563 g/mol. The summed E-state index contributed by atoms with van der Waals surface area (Å²) in [5.74, 6) is -2.48. The monoisotopic (exact) mass is 562 g/mol. The number of fused-ring (bicyclic) bond motifs is 1. The zero-order valence-corrected chi connectivity index (χ0v) is 23.5. The predicted molar refractivity (Wildman–Crippen MR) is 150 cm³/mol. The summed E-state index contributed by atoms with van der Waals surface area (Å²) in [6.45, 7) is 5.85. The highest BCUT2D eigenvalue weighted by Crippen LogP contribution is 2.32. The number of aliphatic carboxylic acids is 2. The number of aromatic nitrogens is 1. The molecule has 2 N–H and O–H groups in total. The lowest BCUT2D eigenvalue weighted by Gasteiger charge is -2.31. The fraction of sp³-hybridized carbons (Fsp3) is 0.600. The molecule has 0 amide bonds. The van der Waals surface area contributed by atoms with Gasteiger partial charge in [0.2, 0.25) is 0 Å². The molecule has 2 aromatic rings. The lowest BCUT2D eigenvalue weighted by molar-refractivity contribution is -0.144. The molecule has 222 valence electrons. The van der Waals surface area contributed by atoms with E-state index in [-0.39, 0.29) is 11.8 Å². The third-order valence-corrected chi connectivity index (χ3v) is 6.92. The molecule has 0 bridgehead atoms. The van der Waals surface area contributed by atoms with E-state index in [0.29, 0.717) is 36.7 Å². The van der Waals surface area contributed by atoms with Crippen LogP contribution in [0.2, 0.25) is 0 Å². The van der Waals surface area contributed by atoms with Gasteiger partial charge in [0.1, 0.15) is 5.82 Å². The Kier molecular flexibility index (Phi) is 15.6. The third kappa shape index (κ3) is 13.2. The minimum Gasteiger partial charge on any atom is -0.478 e. The molecule has 1 fully saturated rings. The summed E-state index contributed by atoms with van der Waals surface area (Å²) in [6, 6.07) is 4.65. The van der Waals surface area contributed by atoms with Gasteiger partial charge < -0.3 is 24.4 Å². The van der Waals surface area contributed by atoms with Crippen LogP contribution in [0.1, 0.15) is 95.6 Å². The number of carbonyl (C=O) groups excluding carboxylic acids is 1. The molecule has 2 heterocycles. The van der Waals surface area contributed by atoms with Crippen LogP contribution in [0, 0.1) is 5.82 Å². The van der Waals surface area contributed by atoms with Crippen molar-refractivity contribution in [2.45, 2.75) is 89.9 Å². The van der Waals surface area contributed by atoms with Crippen LogP contribution in [0.5, 0.6) is 0 Å². The number of unbranched alkanes of at least 4 members (excludes halogenated alkanes) is 7. The second-order valence-electron chi connectivity index (χ2n) is 10.1. The predicted octanol–water partition coefficient (Wildman–Crippen LogP) is 6.32. The number of piperidine rings is 1. The Morgan fingerprint density at radius 3 is 2.30 bits per heavy atom. The summed E-state index contributed by atoms with van der Waals surface area (Å²) in [5.41, 5.74) is 1.50.